The number of imide groups is 1. The molecule has 2 heterocycles. The van der Waals surface area contributed by atoms with E-state index < -0.39 is 35.4 Å². The first-order chi connectivity index (χ1) is 19.2. The van der Waals surface area contributed by atoms with Gasteiger partial charge >= 0.3 is 5.97 Å². The van der Waals surface area contributed by atoms with E-state index in [1.165, 1.54) is 42.5 Å². The number of hydrogen-bond acceptors (Lipinski definition) is 8. The maximum atomic E-state index is 13.2. The molecule has 1 atom stereocenters. The molecule has 1 aromatic heterocycles. The van der Waals surface area contributed by atoms with E-state index in [1.54, 1.807) is 6.07 Å². The van der Waals surface area contributed by atoms with E-state index >= 15 is 0 Å². The smallest absolute Gasteiger partial charge is 0.338 e. The van der Waals surface area contributed by atoms with Crippen molar-refractivity contribution in [2.75, 3.05) is 11.5 Å². The average molecular weight is 596 g/mol. The third-order valence-electron chi connectivity index (χ3n) is 6.11. The molecule has 1 unspecified atom stereocenters. The first-order valence-corrected chi connectivity index (χ1v) is 14.0. The average Bonchev–Trinajstić information content (AvgIpc) is 3.22. The maximum Gasteiger partial charge on any atom is 0.338 e. The summed E-state index contributed by atoms with van der Waals surface area (Å²) in [4.78, 5) is 56.4. The molecule has 2 aromatic carbocycles. The van der Waals surface area contributed by atoms with Gasteiger partial charge in [-0.3, -0.25) is 14.4 Å². The summed E-state index contributed by atoms with van der Waals surface area (Å²) in [5.74, 6) is -2.08. The normalized spacial score (nSPS) is 14.8. The first-order valence-electron chi connectivity index (χ1n) is 12.4. The minimum absolute atomic E-state index is 0.0472. The Balaban J connectivity index is 1.41. The number of esters is 1. The van der Waals surface area contributed by atoms with Crippen molar-refractivity contribution in [3.8, 4) is 6.07 Å². The maximum absolute atomic E-state index is 13.2. The molecule has 8 nitrogen and oxygen atoms in total. The topological polar surface area (TPSA) is 117 Å². The molecule has 2 amide bonds. The molecule has 1 saturated heterocycles. The second kappa shape index (κ2) is 13.1. The van der Waals surface area contributed by atoms with Gasteiger partial charge in [-0.05, 0) is 67.4 Å². The van der Waals surface area contributed by atoms with Crippen LogP contribution in [0.2, 0.25) is 10.0 Å². The number of benzene rings is 2. The van der Waals surface area contributed by atoms with Crippen LogP contribution in [-0.2, 0) is 20.7 Å². The van der Waals surface area contributed by atoms with Crippen LogP contribution in [0.25, 0.3) is 0 Å². The van der Waals surface area contributed by atoms with E-state index in [0.29, 0.717) is 21.3 Å². The summed E-state index contributed by atoms with van der Waals surface area (Å²) in [5, 5.41) is 9.71. The second-order valence-electron chi connectivity index (χ2n) is 8.92. The lowest BCUT2D eigenvalue weighted by molar-refractivity contribution is -0.121. The van der Waals surface area contributed by atoms with Gasteiger partial charge in [-0.15, -0.1) is 0 Å². The number of nitrogens with zero attached hydrogens (tertiary/aromatic N) is 3. The van der Waals surface area contributed by atoms with E-state index in [-0.39, 0.29) is 22.6 Å². The van der Waals surface area contributed by atoms with Gasteiger partial charge in [0.05, 0.1) is 27.1 Å². The number of nitriles is 1. The number of ketones is 1. The summed E-state index contributed by atoms with van der Waals surface area (Å²) in [5.41, 5.74) is 1.79. The number of aryl methyl sites for hydroxylation is 1. The Labute approximate surface area is 245 Å². The molecule has 0 aliphatic carbocycles. The van der Waals surface area contributed by atoms with Gasteiger partial charge < -0.3 is 4.74 Å². The number of halogens is 2. The lowest BCUT2D eigenvalue weighted by Crippen LogP contribution is -2.31. The number of carbonyl (C=O) groups excluding carboxylic acids is 4. The minimum atomic E-state index is -0.754. The van der Waals surface area contributed by atoms with Crippen LogP contribution in [0.4, 0.5) is 5.69 Å². The van der Waals surface area contributed by atoms with Crippen LogP contribution in [-0.4, -0.2) is 40.4 Å². The SMILES string of the molecule is CCCCc1ccc(C#N)c(SC2CC(=O)N(c3ccc(C(=O)OCC(=O)c4ccc(Cl)cc4Cl)cc3)C2=O)n1. The van der Waals surface area contributed by atoms with Crippen LogP contribution in [0, 0.1) is 11.3 Å². The minimum Gasteiger partial charge on any atom is -0.454 e. The van der Waals surface area contributed by atoms with Crippen molar-refractivity contribution in [1.29, 1.82) is 5.26 Å². The Morgan fingerprint density at radius 3 is 2.55 bits per heavy atom. The number of pyridine rings is 1. The van der Waals surface area contributed by atoms with Gasteiger partial charge in [0.2, 0.25) is 17.6 Å². The third kappa shape index (κ3) is 6.70. The summed E-state index contributed by atoms with van der Waals surface area (Å²) in [7, 11) is 0. The Kier molecular flexibility index (Phi) is 9.58. The molecule has 0 bridgehead atoms. The zero-order valence-corrected chi connectivity index (χ0v) is 23.7. The summed E-state index contributed by atoms with van der Waals surface area (Å²) in [6, 6.07) is 15.7. The molecule has 1 aliphatic heterocycles. The number of ether oxygens (including phenoxy) is 1. The highest BCUT2D eigenvalue weighted by molar-refractivity contribution is 8.00. The molecule has 0 spiro atoms. The number of rotatable bonds is 10. The third-order valence-corrected chi connectivity index (χ3v) is 7.85. The Morgan fingerprint density at radius 2 is 1.88 bits per heavy atom. The standard InChI is InChI=1S/C29H23Cl2N3O5S/c1-2-3-4-20-9-5-18(15-32)27(33-20)40-25-14-26(36)34(28(25)37)21-10-6-17(7-11-21)29(38)39-16-24(35)22-12-8-19(30)13-23(22)31/h5-13,25H,2-4,14,16H2,1H3. The quantitative estimate of drug-likeness (QED) is 0.157. The summed E-state index contributed by atoms with van der Waals surface area (Å²) in [6.45, 7) is 1.55. The molecule has 0 radical (unpaired) electrons. The van der Waals surface area contributed by atoms with Crippen molar-refractivity contribution in [1.82, 2.24) is 4.98 Å². The van der Waals surface area contributed by atoms with E-state index in [1.807, 2.05) is 6.07 Å². The molecule has 4 rings (SSSR count). The molecule has 40 heavy (non-hydrogen) atoms. The summed E-state index contributed by atoms with van der Waals surface area (Å²) in [6.07, 6.45) is 2.67. The molecular weight excluding hydrogens is 573 g/mol. The van der Waals surface area contributed by atoms with E-state index in [9.17, 15) is 24.4 Å². The number of unbranched alkanes of at least 4 members (excludes halogenated alkanes) is 1. The Morgan fingerprint density at radius 1 is 1.12 bits per heavy atom. The first kappa shape index (κ1) is 29.3. The monoisotopic (exact) mass is 595 g/mol. The van der Waals surface area contributed by atoms with Crippen molar-refractivity contribution in [2.45, 2.75) is 42.9 Å². The fourth-order valence-electron chi connectivity index (χ4n) is 4.01. The van der Waals surface area contributed by atoms with Crippen LogP contribution in [0.5, 0.6) is 0 Å². The Hall–Kier alpha value is -3.71. The number of aromatic nitrogens is 1. The highest BCUT2D eigenvalue weighted by Gasteiger charge is 2.40. The number of carbonyl (C=O) groups is 4. The van der Waals surface area contributed by atoms with Gasteiger partial charge in [0.15, 0.2) is 6.61 Å². The lowest BCUT2D eigenvalue weighted by Gasteiger charge is -2.15. The predicted octanol–water partition coefficient (Wildman–Crippen LogP) is 6.07. The summed E-state index contributed by atoms with van der Waals surface area (Å²) >= 11 is 13.0. The van der Waals surface area contributed by atoms with E-state index in [0.717, 1.165) is 41.6 Å². The fraction of sp³-hybridized carbons (Fsp3) is 0.241. The predicted molar refractivity (Wildman–Crippen MR) is 152 cm³/mol. The van der Waals surface area contributed by atoms with Crippen molar-refractivity contribution < 1.29 is 23.9 Å². The van der Waals surface area contributed by atoms with Crippen molar-refractivity contribution in [2.24, 2.45) is 0 Å². The molecule has 204 valence electrons. The number of amides is 2. The molecule has 0 N–H and O–H groups in total. The molecule has 3 aromatic rings. The van der Waals surface area contributed by atoms with Crippen LogP contribution in [0.3, 0.4) is 0 Å². The van der Waals surface area contributed by atoms with Gasteiger partial charge in [-0.2, -0.15) is 5.26 Å². The summed E-state index contributed by atoms with van der Waals surface area (Å²) < 4.78 is 5.11. The highest BCUT2D eigenvalue weighted by Crippen LogP contribution is 2.35. The molecule has 1 aliphatic rings. The molecule has 0 saturated carbocycles. The Bertz CT molecular complexity index is 1520. The van der Waals surface area contributed by atoms with Gasteiger partial charge in [-0.1, -0.05) is 48.3 Å². The highest BCUT2D eigenvalue weighted by atomic mass is 35.5. The van der Waals surface area contributed by atoms with Gasteiger partial charge in [-0.25, -0.2) is 14.7 Å². The van der Waals surface area contributed by atoms with Crippen molar-refractivity contribution in [3.05, 3.63) is 87.0 Å². The van der Waals surface area contributed by atoms with E-state index in [2.05, 4.69) is 18.0 Å². The van der Waals surface area contributed by atoms with Crippen LogP contribution in [0.1, 0.15) is 58.2 Å². The molecule has 1 fully saturated rings. The van der Waals surface area contributed by atoms with Crippen molar-refractivity contribution >= 4 is 64.2 Å². The van der Waals surface area contributed by atoms with E-state index in [4.69, 9.17) is 27.9 Å². The van der Waals surface area contributed by atoms with Gasteiger partial charge in [0.1, 0.15) is 11.1 Å². The van der Waals surface area contributed by atoms with Gasteiger partial charge in [0.25, 0.3) is 0 Å². The number of anilines is 1. The van der Waals surface area contributed by atoms with Gasteiger partial charge in [0, 0.05) is 22.7 Å². The zero-order valence-electron chi connectivity index (χ0n) is 21.4. The number of hydrogen-bond donors (Lipinski definition) is 0. The number of thioether (sulfide) groups is 1. The number of Topliss-reactive ketones (excluding diaryl/α,β-unsaturated/α-hetero) is 1. The largest absolute Gasteiger partial charge is 0.454 e. The fourth-order valence-corrected chi connectivity index (χ4v) is 5.63. The van der Waals surface area contributed by atoms with Crippen molar-refractivity contribution in [3.63, 3.8) is 0 Å². The van der Waals surface area contributed by atoms with Crippen LogP contribution < -0.4 is 4.90 Å². The lowest BCUT2D eigenvalue weighted by atomic mass is 10.1. The molecule has 11 heteroatoms. The molecular formula is C29H23Cl2N3O5S. The van der Waals surface area contributed by atoms with Crippen LogP contribution >= 0.6 is 35.0 Å². The zero-order chi connectivity index (χ0) is 28.8. The van der Waals surface area contributed by atoms with Crippen LogP contribution in [0.15, 0.2) is 59.6 Å². The second-order valence-corrected chi connectivity index (χ2v) is 11.0.